The highest BCUT2D eigenvalue weighted by Crippen LogP contribution is 2.17. The molecule has 1 aliphatic carbocycles. The van der Waals surface area contributed by atoms with Gasteiger partial charge < -0.3 is 9.88 Å². The first-order valence-corrected chi connectivity index (χ1v) is 11.1. The van der Waals surface area contributed by atoms with Gasteiger partial charge in [0.2, 0.25) is 5.91 Å². The molecule has 4 rings (SSSR count). The third kappa shape index (κ3) is 4.72. The lowest BCUT2D eigenvalue weighted by Gasteiger charge is -2.19. The second-order valence-corrected chi connectivity index (χ2v) is 8.35. The number of pyridine rings is 1. The number of rotatable bonds is 7. The standard InChI is InChI=1S/C24H27N5O4/c1-15-7-8-16(2)29(15)21-10-9-17(13-25-21)20(30)14-26-22(31)11-12-28-19-6-4-3-5-18(19)23(32)27-24(28)33/h7-10,13H,3-6,11-12,14H2,1-2H3,(H,26,31)(H,27,32,33). The fourth-order valence-electron chi connectivity index (χ4n) is 4.33. The van der Waals surface area contributed by atoms with Gasteiger partial charge in [-0.15, -0.1) is 0 Å². The number of ketones is 1. The van der Waals surface area contributed by atoms with E-state index in [1.807, 2.05) is 30.5 Å². The molecule has 1 aliphatic rings. The predicted molar refractivity (Wildman–Crippen MR) is 123 cm³/mol. The van der Waals surface area contributed by atoms with Crippen molar-refractivity contribution in [3.05, 3.63) is 79.5 Å². The summed E-state index contributed by atoms with van der Waals surface area (Å²) in [7, 11) is 0. The van der Waals surface area contributed by atoms with Gasteiger partial charge in [-0.25, -0.2) is 9.78 Å². The minimum atomic E-state index is -0.496. The molecule has 0 saturated carbocycles. The highest BCUT2D eigenvalue weighted by atomic mass is 16.2. The number of fused-ring (bicyclic) bond motifs is 1. The smallest absolute Gasteiger partial charge is 0.328 e. The molecule has 0 unspecified atom stereocenters. The van der Waals surface area contributed by atoms with Crippen LogP contribution in [-0.4, -0.2) is 37.3 Å². The van der Waals surface area contributed by atoms with Crippen molar-refractivity contribution >= 4 is 11.7 Å². The van der Waals surface area contributed by atoms with E-state index >= 15 is 0 Å². The summed E-state index contributed by atoms with van der Waals surface area (Å²) in [6.07, 6.45) is 4.66. The molecule has 0 bridgehead atoms. The van der Waals surface area contributed by atoms with E-state index in [9.17, 15) is 19.2 Å². The number of aromatic amines is 1. The molecule has 33 heavy (non-hydrogen) atoms. The van der Waals surface area contributed by atoms with Crippen LogP contribution in [0.15, 0.2) is 40.1 Å². The quantitative estimate of drug-likeness (QED) is 0.531. The number of aromatic nitrogens is 4. The molecule has 0 spiro atoms. The third-order valence-electron chi connectivity index (χ3n) is 6.08. The Bertz CT molecular complexity index is 1290. The summed E-state index contributed by atoms with van der Waals surface area (Å²) in [6, 6.07) is 7.48. The Kier molecular flexibility index (Phi) is 6.39. The molecule has 9 heteroatoms. The lowest BCUT2D eigenvalue weighted by Crippen LogP contribution is -2.38. The van der Waals surface area contributed by atoms with E-state index in [2.05, 4.69) is 15.3 Å². The average molecular weight is 450 g/mol. The van der Waals surface area contributed by atoms with Gasteiger partial charge in [0.15, 0.2) is 5.78 Å². The van der Waals surface area contributed by atoms with E-state index in [4.69, 9.17) is 0 Å². The maximum Gasteiger partial charge on any atom is 0.328 e. The van der Waals surface area contributed by atoms with Crippen LogP contribution in [0.2, 0.25) is 0 Å². The second kappa shape index (κ2) is 9.40. The lowest BCUT2D eigenvalue weighted by atomic mass is 9.97. The van der Waals surface area contributed by atoms with Gasteiger partial charge in [0, 0.05) is 47.4 Å². The van der Waals surface area contributed by atoms with Gasteiger partial charge in [0.1, 0.15) is 5.82 Å². The van der Waals surface area contributed by atoms with Gasteiger partial charge in [-0.05, 0) is 63.8 Å². The summed E-state index contributed by atoms with van der Waals surface area (Å²) in [5, 5.41) is 2.61. The van der Waals surface area contributed by atoms with Crippen LogP contribution >= 0.6 is 0 Å². The van der Waals surface area contributed by atoms with Crippen LogP contribution in [0.1, 0.15) is 52.3 Å². The Morgan fingerprint density at radius 3 is 2.48 bits per heavy atom. The number of Topliss-reactive ketones (excluding diaryl/α,β-unsaturated/α-hetero) is 1. The molecule has 0 aromatic carbocycles. The molecule has 172 valence electrons. The minimum Gasteiger partial charge on any atom is -0.349 e. The zero-order valence-electron chi connectivity index (χ0n) is 18.8. The molecule has 1 amide bonds. The number of nitrogens with one attached hydrogen (secondary N) is 2. The number of hydrogen-bond acceptors (Lipinski definition) is 5. The Hall–Kier alpha value is -3.75. The van der Waals surface area contributed by atoms with E-state index in [1.165, 1.54) is 10.8 Å². The summed E-state index contributed by atoms with van der Waals surface area (Å²) >= 11 is 0. The summed E-state index contributed by atoms with van der Waals surface area (Å²) in [6.45, 7) is 3.98. The Morgan fingerprint density at radius 2 is 1.79 bits per heavy atom. The lowest BCUT2D eigenvalue weighted by molar-refractivity contribution is -0.121. The fraction of sp³-hybridized carbons (Fsp3) is 0.375. The van der Waals surface area contributed by atoms with E-state index in [-0.39, 0.29) is 36.8 Å². The number of amides is 1. The minimum absolute atomic E-state index is 0.0367. The number of carbonyl (C=O) groups excluding carboxylic acids is 2. The molecular formula is C24H27N5O4. The SMILES string of the molecule is Cc1ccc(C)n1-c1ccc(C(=O)CNC(=O)CCn2c3c(c(=O)[nH]c2=O)CCCC3)cn1. The number of H-pyrrole nitrogens is 1. The predicted octanol–water partition coefficient (Wildman–Crippen LogP) is 1.61. The van der Waals surface area contributed by atoms with Crippen molar-refractivity contribution in [3.63, 3.8) is 0 Å². The Balaban J connectivity index is 1.35. The first-order valence-electron chi connectivity index (χ1n) is 11.1. The molecule has 3 aromatic heterocycles. The monoisotopic (exact) mass is 449 g/mol. The van der Waals surface area contributed by atoms with Crippen LogP contribution in [-0.2, 0) is 24.2 Å². The summed E-state index contributed by atoms with van der Waals surface area (Å²) < 4.78 is 3.47. The largest absolute Gasteiger partial charge is 0.349 e. The van der Waals surface area contributed by atoms with E-state index in [0.717, 1.165) is 35.7 Å². The van der Waals surface area contributed by atoms with Gasteiger partial charge in [-0.2, -0.15) is 0 Å². The molecule has 3 heterocycles. The molecule has 2 N–H and O–H groups in total. The highest BCUT2D eigenvalue weighted by molar-refractivity contribution is 5.99. The van der Waals surface area contributed by atoms with E-state index < -0.39 is 5.69 Å². The van der Waals surface area contributed by atoms with Crippen molar-refractivity contribution in [2.75, 3.05) is 6.54 Å². The molecule has 3 aromatic rings. The van der Waals surface area contributed by atoms with Crippen molar-refractivity contribution in [3.8, 4) is 5.82 Å². The second-order valence-electron chi connectivity index (χ2n) is 8.35. The maximum atomic E-state index is 12.5. The molecule has 0 fully saturated rings. The Labute approximate surface area is 190 Å². The van der Waals surface area contributed by atoms with Crippen LogP contribution in [0, 0.1) is 13.8 Å². The topological polar surface area (TPSA) is 119 Å². The number of aryl methyl sites for hydroxylation is 2. The van der Waals surface area contributed by atoms with Crippen molar-refractivity contribution < 1.29 is 9.59 Å². The van der Waals surface area contributed by atoms with Crippen LogP contribution in [0.4, 0.5) is 0 Å². The van der Waals surface area contributed by atoms with Gasteiger partial charge in [-0.3, -0.25) is 23.9 Å². The number of nitrogens with zero attached hydrogens (tertiary/aromatic N) is 3. The van der Waals surface area contributed by atoms with Crippen molar-refractivity contribution in [1.82, 2.24) is 24.4 Å². The van der Waals surface area contributed by atoms with Crippen molar-refractivity contribution in [1.29, 1.82) is 0 Å². The molecule has 0 atom stereocenters. The van der Waals surface area contributed by atoms with Gasteiger partial charge in [-0.1, -0.05) is 0 Å². The number of hydrogen-bond donors (Lipinski definition) is 2. The number of carbonyl (C=O) groups is 2. The van der Waals surface area contributed by atoms with Crippen LogP contribution in [0.5, 0.6) is 0 Å². The first kappa shape index (κ1) is 22.4. The van der Waals surface area contributed by atoms with Gasteiger partial charge in [0.25, 0.3) is 5.56 Å². The molecule has 0 aliphatic heterocycles. The fourth-order valence-corrected chi connectivity index (χ4v) is 4.33. The molecular weight excluding hydrogens is 422 g/mol. The van der Waals surface area contributed by atoms with Crippen LogP contribution in [0.25, 0.3) is 5.82 Å². The van der Waals surface area contributed by atoms with Gasteiger partial charge >= 0.3 is 5.69 Å². The first-order chi connectivity index (χ1) is 15.8. The average Bonchev–Trinajstić information content (AvgIpc) is 3.15. The summed E-state index contributed by atoms with van der Waals surface area (Å²) in [5.41, 5.74) is 3.04. The maximum absolute atomic E-state index is 12.5. The molecule has 0 radical (unpaired) electrons. The van der Waals surface area contributed by atoms with Crippen molar-refractivity contribution in [2.24, 2.45) is 0 Å². The Morgan fingerprint density at radius 1 is 1.06 bits per heavy atom. The van der Waals surface area contributed by atoms with Gasteiger partial charge in [0.05, 0.1) is 6.54 Å². The highest BCUT2D eigenvalue weighted by Gasteiger charge is 2.19. The zero-order valence-corrected chi connectivity index (χ0v) is 18.8. The van der Waals surface area contributed by atoms with E-state index in [1.54, 1.807) is 12.1 Å². The molecule has 9 nitrogen and oxygen atoms in total. The van der Waals surface area contributed by atoms with Crippen LogP contribution < -0.4 is 16.6 Å². The van der Waals surface area contributed by atoms with Crippen LogP contribution in [0.3, 0.4) is 0 Å². The molecule has 0 saturated heterocycles. The van der Waals surface area contributed by atoms with Crippen molar-refractivity contribution in [2.45, 2.75) is 52.5 Å². The van der Waals surface area contributed by atoms with E-state index in [0.29, 0.717) is 24.0 Å². The third-order valence-corrected chi connectivity index (χ3v) is 6.08. The summed E-state index contributed by atoms with van der Waals surface area (Å²) in [5.74, 6) is 0.140. The summed E-state index contributed by atoms with van der Waals surface area (Å²) in [4.78, 5) is 55.8. The normalized spacial score (nSPS) is 12.9. The zero-order chi connectivity index (χ0) is 23.5.